The number of ether oxygens (including phenoxy) is 2. The molecule has 14 heteroatoms. The Balaban J connectivity index is 1.67. The number of nitrogens with zero attached hydrogens (tertiary/aromatic N) is 4. The lowest BCUT2D eigenvalue weighted by Gasteiger charge is -2.26. The Kier molecular flexibility index (Phi) is 8.44. The number of alkyl halides is 2. The first-order chi connectivity index (χ1) is 17.3. The summed E-state index contributed by atoms with van der Waals surface area (Å²) in [4.78, 5) is 6.39. The molecule has 1 aliphatic heterocycles. The lowest BCUT2D eigenvalue weighted by molar-refractivity contribution is -0.0498. The van der Waals surface area contributed by atoms with Gasteiger partial charge in [-0.25, -0.2) is 18.1 Å². The average Bonchev–Trinajstić information content (AvgIpc) is 3.16. The Hall–Kier alpha value is -2.74. The van der Waals surface area contributed by atoms with E-state index in [0.29, 0.717) is 42.9 Å². The topological polar surface area (TPSA) is 111 Å². The van der Waals surface area contributed by atoms with E-state index in [1.165, 1.54) is 22.9 Å². The Labute approximate surface area is 212 Å². The van der Waals surface area contributed by atoms with Gasteiger partial charge in [0.05, 0.1) is 35.6 Å². The highest BCUT2D eigenvalue weighted by Crippen LogP contribution is 2.33. The Morgan fingerprint density at radius 3 is 2.75 bits per heavy atom. The fourth-order valence-electron chi connectivity index (χ4n) is 3.90. The Bertz CT molecular complexity index is 1300. The zero-order chi connectivity index (χ0) is 25.7. The predicted molar refractivity (Wildman–Crippen MR) is 134 cm³/mol. The monoisotopic (exact) mass is 544 g/mol. The smallest absolute Gasteiger partial charge is 0.387 e. The van der Waals surface area contributed by atoms with Gasteiger partial charge in [0.2, 0.25) is 10.0 Å². The number of sulfonamides is 1. The summed E-state index contributed by atoms with van der Waals surface area (Å²) in [6.45, 7) is 3.02. The molecule has 3 heterocycles. The number of hydrogen-bond donors (Lipinski definition) is 2. The van der Waals surface area contributed by atoms with E-state index in [1.807, 2.05) is 0 Å². The second-order valence-corrected chi connectivity index (χ2v) is 10.4. The van der Waals surface area contributed by atoms with Gasteiger partial charge in [-0.1, -0.05) is 18.5 Å². The minimum absolute atomic E-state index is 0.0999. The minimum Gasteiger partial charge on any atom is -0.432 e. The highest BCUT2D eigenvalue weighted by Gasteiger charge is 2.20. The van der Waals surface area contributed by atoms with Gasteiger partial charge in [0.1, 0.15) is 10.8 Å². The van der Waals surface area contributed by atoms with Gasteiger partial charge in [0, 0.05) is 44.5 Å². The molecule has 3 aromatic rings. The number of rotatable bonds is 11. The van der Waals surface area contributed by atoms with Crippen molar-refractivity contribution >= 4 is 44.0 Å². The van der Waals surface area contributed by atoms with E-state index in [1.54, 1.807) is 19.2 Å². The SMILES string of the molecule is CCCS(=O)(=O)Nc1ccc(-n2nc(NCCN3CCOCC3)c3cnc(Cl)cc32)c(OC(F)F)c1. The molecular weight excluding hydrogens is 518 g/mol. The number of halogens is 3. The second-order valence-electron chi connectivity index (χ2n) is 8.15. The van der Waals surface area contributed by atoms with Gasteiger partial charge in [-0.2, -0.15) is 8.78 Å². The third-order valence-corrected chi connectivity index (χ3v) is 7.21. The molecule has 0 unspecified atom stereocenters. The van der Waals surface area contributed by atoms with Gasteiger partial charge >= 0.3 is 6.61 Å². The maximum absolute atomic E-state index is 13.3. The van der Waals surface area contributed by atoms with Crippen LogP contribution in [0.3, 0.4) is 0 Å². The van der Waals surface area contributed by atoms with Gasteiger partial charge in [0.25, 0.3) is 0 Å². The number of morpholine rings is 1. The number of fused-ring (bicyclic) bond motifs is 1. The molecule has 0 saturated carbocycles. The molecule has 10 nitrogen and oxygen atoms in total. The van der Waals surface area contributed by atoms with Crippen molar-refractivity contribution in [3.8, 4) is 11.4 Å². The normalized spacial score (nSPS) is 14.9. The van der Waals surface area contributed by atoms with Crippen LogP contribution >= 0.6 is 11.6 Å². The summed E-state index contributed by atoms with van der Waals surface area (Å²) in [5.41, 5.74) is 0.799. The van der Waals surface area contributed by atoms with Gasteiger partial charge in [0.15, 0.2) is 11.6 Å². The molecule has 0 atom stereocenters. The molecular formula is C22H27ClF2N6O4S. The molecule has 1 fully saturated rings. The molecule has 4 rings (SSSR count). The molecule has 0 amide bonds. The van der Waals surface area contributed by atoms with E-state index < -0.39 is 16.6 Å². The van der Waals surface area contributed by atoms with Crippen LogP contribution in [0.25, 0.3) is 16.6 Å². The second kappa shape index (κ2) is 11.5. The van der Waals surface area contributed by atoms with E-state index in [2.05, 4.69) is 25.0 Å². The van der Waals surface area contributed by atoms with Crippen molar-refractivity contribution < 1.29 is 26.7 Å². The largest absolute Gasteiger partial charge is 0.432 e. The van der Waals surface area contributed by atoms with Crippen LogP contribution in [0, 0.1) is 0 Å². The lowest BCUT2D eigenvalue weighted by Crippen LogP contribution is -2.39. The van der Waals surface area contributed by atoms with Crippen LogP contribution in [0.15, 0.2) is 30.5 Å². The number of pyridine rings is 1. The lowest BCUT2D eigenvalue weighted by atomic mass is 10.2. The van der Waals surface area contributed by atoms with Crippen molar-refractivity contribution in [3.63, 3.8) is 0 Å². The van der Waals surface area contributed by atoms with Crippen molar-refractivity contribution in [1.82, 2.24) is 19.7 Å². The summed E-state index contributed by atoms with van der Waals surface area (Å²) in [6.07, 6.45) is 1.96. The predicted octanol–water partition coefficient (Wildman–Crippen LogP) is 3.57. The number of aromatic nitrogens is 3. The number of hydrogen-bond acceptors (Lipinski definition) is 8. The highest BCUT2D eigenvalue weighted by molar-refractivity contribution is 7.92. The van der Waals surface area contributed by atoms with Gasteiger partial charge in [-0.05, 0) is 18.6 Å². The van der Waals surface area contributed by atoms with Crippen LogP contribution in [0.2, 0.25) is 5.15 Å². The summed E-state index contributed by atoms with van der Waals surface area (Å²) < 4.78 is 64.8. The first-order valence-corrected chi connectivity index (χ1v) is 13.5. The minimum atomic E-state index is -3.63. The standard InChI is InChI=1S/C22H27ClF2N6O4S/c1-2-11-36(32,33)29-15-3-4-17(19(12-15)35-22(24)25)31-18-13-20(23)27-14-16(18)21(28-31)26-5-6-30-7-9-34-10-8-30/h3-4,12-14,22,29H,2,5-11H2,1H3,(H,26,28). The molecule has 0 bridgehead atoms. The van der Waals surface area contributed by atoms with Crippen molar-refractivity contribution in [2.45, 2.75) is 20.0 Å². The summed E-state index contributed by atoms with van der Waals surface area (Å²) >= 11 is 6.13. The van der Waals surface area contributed by atoms with Crippen molar-refractivity contribution in [2.24, 2.45) is 0 Å². The van der Waals surface area contributed by atoms with E-state index in [0.717, 1.165) is 19.6 Å². The maximum Gasteiger partial charge on any atom is 0.387 e. The molecule has 36 heavy (non-hydrogen) atoms. The van der Waals surface area contributed by atoms with Crippen LogP contribution in [0.5, 0.6) is 5.75 Å². The fraction of sp³-hybridized carbons (Fsp3) is 0.455. The van der Waals surface area contributed by atoms with Crippen LogP contribution in [-0.4, -0.2) is 79.8 Å². The molecule has 2 N–H and O–H groups in total. The maximum atomic E-state index is 13.3. The molecule has 0 spiro atoms. The zero-order valence-electron chi connectivity index (χ0n) is 19.6. The van der Waals surface area contributed by atoms with E-state index in [-0.39, 0.29) is 28.0 Å². The fourth-order valence-corrected chi connectivity index (χ4v) is 5.18. The summed E-state index contributed by atoms with van der Waals surface area (Å²) in [5.74, 6) is 0.145. The Morgan fingerprint density at radius 2 is 2.03 bits per heavy atom. The summed E-state index contributed by atoms with van der Waals surface area (Å²) in [5, 5.41) is 8.70. The van der Waals surface area contributed by atoms with Crippen LogP contribution in [0.1, 0.15) is 13.3 Å². The summed E-state index contributed by atoms with van der Waals surface area (Å²) in [6, 6.07) is 5.69. The van der Waals surface area contributed by atoms with Gasteiger partial charge in [-0.3, -0.25) is 9.62 Å². The number of benzene rings is 1. The molecule has 0 aliphatic carbocycles. The van der Waals surface area contributed by atoms with Crippen molar-refractivity contribution in [1.29, 1.82) is 0 Å². The van der Waals surface area contributed by atoms with Crippen LogP contribution in [-0.2, 0) is 14.8 Å². The summed E-state index contributed by atoms with van der Waals surface area (Å²) in [7, 11) is -3.63. The average molecular weight is 545 g/mol. The van der Waals surface area contributed by atoms with Gasteiger partial charge < -0.3 is 14.8 Å². The zero-order valence-corrected chi connectivity index (χ0v) is 21.2. The Morgan fingerprint density at radius 1 is 1.25 bits per heavy atom. The molecule has 196 valence electrons. The van der Waals surface area contributed by atoms with Gasteiger partial charge in [-0.15, -0.1) is 5.10 Å². The molecule has 2 aromatic heterocycles. The first kappa shape index (κ1) is 26.3. The van der Waals surface area contributed by atoms with E-state index in [9.17, 15) is 17.2 Å². The first-order valence-electron chi connectivity index (χ1n) is 11.4. The molecule has 0 radical (unpaired) electrons. The third-order valence-electron chi connectivity index (χ3n) is 5.51. The van der Waals surface area contributed by atoms with Crippen LogP contribution < -0.4 is 14.8 Å². The van der Waals surface area contributed by atoms with Crippen molar-refractivity contribution in [3.05, 3.63) is 35.6 Å². The third kappa shape index (κ3) is 6.52. The number of anilines is 2. The highest BCUT2D eigenvalue weighted by atomic mass is 35.5. The quantitative estimate of drug-likeness (QED) is 0.353. The molecule has 1 saturated heterocycles. The van der Waals surface area contributed by atoms with E-state index >= 15 is 0 Å². The molecule has 1 aliphatic rings. The van der Waals surface area contributed by atoms with Crippen molar-refractivity contribution in [2.75, 3.05) is 55.2 Å². The number of nitrogens with one attached hydrogen (secondary N) is 2. The van der Waals surface area contributed by atoms with Crippen LogP contribution in [0.4, 0.5) is 20.3 Å². The molecule has 1 aromatic carbocycles. The van der Waals surface area contributed by atoms with E-state index in [4.69, 9.17) is 21.1 Å².